The number of aliphatic hydroxyl groups is 1. The Labute approximate surface area is 122 Å². The van der Waals surface area contributed by atoms with Gasteiger partial charge in [-0.3, -0.25) is 0 Å². The molecule has 0 aliphatic carbocycles. The molecule has 0 spiro atoms. The Morgan fingerprint density at radius 2 is 1.90 bits per heavy atom. The van der Waals surface area contributed by atoms with Gasteiger partial charge >= 0.3 is 0 Å². The molecule has 0 radical (unpaired) electrons. The first-order chi connectivity index (χ1) is 9.54. The van der Waals surface area contributed by atoms with Crippen molar-refractivity contribution in [2.24, 2.45) is 11.8 Å². The lowest BCUT2D eigenvalue weighted by Gasteiger charge is -2.35. The average molecular weight is 277 g/mol. The molecule has 1 fully saturated rings. The first-order valence-corrected chi connectivity index (χ1v) is 7.63. The van der Waals surface area contributed by atoms with Crippen molar-refractivity contribution in [2.75, 3.05) is 26.2 Å². The van der Waals surface area contributed by atoms with Crippen LogP contribution in [-0.2, 0) is 0 Å². The zero-order chi connectivity index (χ0) is 14.5. The van der Waals surface area contributed by atoms with E-state index in [0.29, 0.717) is 13.2 Å². The highest BCUT2D eigenvalue weighted by Gasteiger charge is 2.23. The molecule has 1 N–H and O–H groups in total. The first-order valence-electron chi connectivity index (χ1n) is 7.63. The summed E-state index contributed by atoms with van der Waals surface area (Å²) in [4.78, 5) is 2.37. The highest BCUT2D eigenvalue weighted by Crippen LogP contribution is 2.21. The number of hydrogen-bond acceptors (Lipinski definition) is 3. The molecule has 1 aromatic rings. The highest BCUT2D eigenvalue weighted by molar-refractivity contribution is 5.31. The maximum atomic E-state index is 10.2. The number of nitrogens with zero attached hydrogens (tertiary/aromatic N) is 1. The summed E-state index contributed by atoms with van der Waals surface area (Å²) in [6, 6.07) is 7.93. The molecule has 1 aliphatic heterocycles. The molecule has 1 saturated heterocycles. The predicted octanol–water partition coefficient (Wildman–Crippen LogP) is 2.71. The molecule has 20 heavy (non-hydrogen) atoms. The third-order valence-electron chi connectivity index (χ3n) is 3.94. The fourth-order valence-electron chi connectivity index (χ4n) is 3.20. The third-order valence-corrected chi connectivity index (χ3v) is 3.94. The number of piperidine rings is 1. The van der Waals surface area contributed by atoms with Crippen LogP contribution < -0.4 is 4.74 Å². The summed E-state index contributed by atoms with van der Waals surface area (Å²) in [7, 11) is 0. The minimum atomic E-state index is -0.424. The van der Waals surface area contributed by atoms with Gasteiger partial charge in [-0.2, -0.15) is 0 Å². The lowest BCUT2D eigenvalue weighted by atomic mass is 9.92. The van der Waals surface area contributed by atoms with Crippen LogP contribution in [0.3, 0.4) is 0 Å². The standard InChI is InChI=1S/C17H27NO2/c1-13-8-14(2)10-18(9-13)11-16(19)12-20-17-7-5-4-6-15(17)3/h4-7,13-14,16,19H,8-12H2,1-3H3. The summed E-state index contributed by atoms with van der Waals surface area (Å²) in [5.41, 5.74) is 1.11. The van der Waals surface area contributed by atoms with Crippen molar-refractivity contribution in [3.63, 3.8) is 0 Å². The quantitative estimate of drug-likeness (QED) is 0.898. The zero-order valence-corrected chi connectivity index (χ0v) is 12.9. The predicted molar refractivity (Wildman–Crippen MR) is 82.1 cm³/mol. The summed E-state index contributed by atoms with van der Waals surface area (Å²) >= 11 is 0. The van der Waals surface area contributed by atoms with E-state index in [-0.39, 0.29) is 0 Å². The maximum Gasteiger partial charge on any atom is 0.122 e. The SMILES string of the molecule is Cc1ccccc1OCC(O)CN1CC(C)CC(C)C1. The number of rotatable bonds is 5. The van der Waals surface area contributed by atoms with E-state index in [9.17, 15) is 5.11 Å². The highest BCUT2D eigenvalue weighted by atomic mass is 16.5. The van der Waals surface area contributed by atoms with E-state index in [1.165, 1.54) is 6.42 Å². The van der Waals surface area contributed by atoms with E-state index in [1.54, 1.807) is 0 Å². The lowest BCUT2D eigenvalue weighted by Crippen LogP contribution is -2.44. The largest absolute Gasteiger partial charge is 0.491 e. The second-order valence-corrected chi connectivity index (χ2v) is 6.39. The minimum absolute atomic E-state index is 0.365. The Bertz CT molecular complexity index is 411. The van der Waals surface area contributed by atoms with Gasteiger partial charge in [-0.25, -0.2) is 0 Å². The molecule has 1 aromatic carbocycles. The van der Waals surface area contributed by atoms with Gasteiger partial charge in [0.1, 0.15) is 18.5 Å². The molecule has 112 valence electrons. The molecule has 0 amide bonds. The molecule has 3 heteroatoms. The fourth-order valence-corrected chi connectivity index (χ4v) is 3.20. The number of benzene rings is 1. The summed E-state index contributed by atoms with van der Waals surface area (Å²) in [6.45, 7) is 9.86. The van der Waals surface area contributed by atoms with Gasteiger partial charge in [-0.15, -0.1) is 0 Å². The Balaban J connectivity index is 1.78. The molecule has 0 aromatic heterocycles. The number of aliphatic hydroxyl groups excluding tert-OH is 1. The van der Waals surface area contributed by atoms with Crippen LogP contribution in [0.5, 0.6) is 5.75 Å². The van der Waals surface area contributed by atoms with Crippen molar-refractivity contribution < 1.29 is 9.84 Å². The molecule has 3 atom stereocenters. The number of hydrogen-bond donors (Lipinski definition) is 1. The fraction of sp³-hybridized carbons (Fsp3) is 0.647. The topological polar surface area (TPSA) is 32.7 Å². The first kappa shape index (κ1) is 15.3. The maximum absolute atomic E-state index is 10.2. The lowest BCUT2D eigenvalue weighted by molar-refractivity contribution is 0.0427. The van der Waals surface area contributed by atoms with E-state index < -0.39 is 6.10 Å². The second-order valence-electron chi connectivity index (χ2n) is 6.39. The average Bonchev–Trinajstić information content (AvgIpc) is 2.36. The van der Waals surface area contributed by atoms with Crippen LogP contribution >= 0.6 is 0 Å². The van der Waals surface area contributed by atoms with Crippen molar-refractivity contribution in [1.29, 1.82) is 0 Å². The monoisotopic (exact) mass is 277 g/mol. The number of para-hydroxylation sites is 1. The Kier molecular flexibility index (Phi) is 5.44. The van der Waals surface area contributed by atoms with Crippen LogP contribution in [0.4, 0.5) is 0 Å². The molecule has 3 nitrogen and oxygen atoms in total. The van der Waals surface area contributed by atoms with Crippen LogP contribution in [0, 0.1) is 18.8 Å². The zero-order valence-electron chi connectivity index (χ0n) is 12.9. The van der Waals surface area contributed by atoms with Gasteiger partial charge in [-0.1, -0.05) is 32.0 Å². The van der Waals surface area contributed by atoms with E-state index in [2.05, 4.69) is 18.7 Å². The van der Waals surface area contributed by atoms with Gasteiger partial charge in [-0.05, 0) is 36.8 Å². The van der Waals surface area contributed by atoms with Crippen LogP contribution in [0.15, 0.2) is 24.3 Å². The molecule has 0 bridgehead atoms. The molecular weight excluding hydrogens is 250 g/mol. The summed E-state index contributed by atoms with van der Waals surface area (Å²) < 4.78 is 5.72. The van der Waals surface area contributed by atoms with Gasteiger partial charge in [0.15, 0.2) is 0 Å². The Morgan fingerprint density at radius 1 is 1.25 bits per heavy atom. The van der Waals surface area contributed by atoms with Crippen molar-refractivity contribution in [1.82, 2.24) is 4.90 Å². The van der Waals surface area contributed by atoms with Gasteiger partial charge in [0.25, 0.3) is 0 Å². The van der Waals surface area contributed by atoms with Crippen molar-refractivity contribution >= 4 is 0 Å². The van der Waals surface area contributed by atoms with E-state index in [0.717, 1.165) is 36.2 Å². The Hall–Kier alpha value is -1.06. The third kappa shape index (κ3) is 4.50. The van der Waals surface area contributed by atoms with Gasteiger partial charge in [0.2, 0.25) is 0 Å². The molecule has 0 saturated carbocycles. The summed E-state index contributed by atoms with van der Waals surface area (Å²) in [5.74, 6) is 2.32. The molecule has 1 aliphatic rings. The normalized spacial score (nSPS) is 25.4. The Morgan fingerprint density at radius 3 is 2.55 bits per heavy atom. The van der Waals surface area contributed by atoms with E-state index in [4.69, 9.17) is 4.74 Å². The number of ether oxygens (including phenoxy) is 1. The van der Waals surface area contributed by atoms with Gasteiger partial charge in [0, 0.05) is 19.6 Å². The van der Waals surface area contributed by atoms with E-state index >= 15 is 0 Å². The van der Waals surface area contributed by atoms with Crippen molar-refractivity contribution in [2.45, 2.75) is 33.3 Å². The van der Waals surface area contributed by atoms with Crippen LogP contribution in [0.1, 0.15) is 25.8 Å². The smallest absolute Gasteiger partial charge is 0.122 e. The molecule has 3 unspecified atom stereocenters. The van der Waals surface area contributed by atoms with Crippen molar-refractivity contribution in [3.05, 3.63) is 29.8 Å². The molecule has 1 heterocycles. The van der Waals surface area contributed by atoms with Crippen molar-refractivity contribution in [3.8, 4) is 5.75 Å². The number of likely N-dealkylation sites (tertiary alicyclic amines) is 1. The van der Waals surface area contributed by atoms with Gasteiger partial charge < -0.3 is 14.7 Å². The van der Waals surface area contributed by atoms with Gasteiger partial charge in [0.05, 0.1) is 0 Å². The van der Waals surface area contributed by atoms with Crippen LogP contribution in [0.2, 0.25) is 0 Å². The minimum Gasteiger partial charge on any atom is -0.491 e. The summed E-state index contributed by atoms with van der Waals surface area (Å²) in [5, 5.41) is 10.2. The molecular formula is C17H27NO2. The number of aryl methyl sites for hydroxylation is 1. The second kappa shape index (κ2) is 7.09. The number of β-amino-alcohol motifs (C(OH)–C–C–N with tert-alkyl or cyclic N) is 1. The molecule has 2 rings (SSSR count). The van der Waals surface area contributed by atoms with E-state index in [1.807, 2.05) is 31.2 Å². The summed E-state index contributed by atoms with van der Waals surface area (Å²) in [6.07, 6.45) is 0.874. The van der Waals surface area contributed by atoms with Crippen LogP contribution in [-0.4, -0.2) is 42.4 Å². The van der Waals surface area contributed by atoms with Crippen LogP contribution in [0.25, 0.3) is 0 Å².